The predicted octanol–water partition coefficient (Wildman–Crippen LogP) is 7.66. The van der Waals surface area contributed by atoms with Crippen LogP contribution in [0.1, 0.15) is 39.5 Å². The van der Waals surface area contributed by atoms with E-state index >= 15 is 0 Å². The number of morpholine rings is 1. The van der Waals surface area contributed by atoms with E-state index in [4.69, 9.17) is 30.1 Å². The molecule has 1 amide bonds. The van der Waals surface area contributed by atoms with Crippen molar-refractivity contribution < 1.29 is 36.8 Å². The number of ketones is 1. The molecule has 0 aliphatic carbocycles. The predicted molar refractivity (Wildman–Crippen MR) is 262 cm³/mol. The maximum atomic E-state index is 13.5. The third-order valence-corrected chi connectivity index (χ3v) is 12.1. The largest absolute Gasteiger partial charge is 0.494 e. The molecule has 67 heavy (non-hydrogen) atoms. The number of benzene rings is 3. The van der Waals surface area contributed by atoms with Gasteiger partial charge in [0.25, 0.3) is 16.0 Å². The SMILES string of the molecule is CCN(CC)c1cc(NC(=N)N=C(NC)Nc2cc(N(CC)CC)c(OC)cc2N=N)c(N=Nc2nc(N3CCOCC3)c(/C=C(\C(C)=O)C(=O)Nc3cccc(S(=O)(=O)O)c3)s2)cc1OC. The van der Waals surface area contributed by atoms with Crippen molar-refractivity contribution in [2.75, 3.05) is 104 Å². The number of hydrogen-bond acceptors (Lipinski definition) is 17. The van der Waals surface area contributed by atoms with Gasteiger partial charge in [0.1, 0.15) is 28.7 Å². The van der Waals surface area contributed by atoms with Gasteiger partial charge in [-0.2, -0.15) is 23.5 Å². The Labute approximate surface area is 393 Å². The number of nitrogens with one attached hydrogen (secondary N) is 6. The first-order valence-electron chi connectivity index (χ1n) is 21.2. The summed E-state index contributed by atoms with van der Waals surface area (Å²) < 4.78 is 50.0. The Bertz CT molecular complexity index is 2660. The fourth-order valence-corrected chi connectivity index (χ4v) is 8.30. The van der Waals surface area contributed by atoms with Crippen molar-refractivity contribution in [2.24, 2.45) is 20.3 Å². The molecule has 3 aromatic carbocycles. The molecular formula is C43H56N14O8S2. The van der Waals surface area contributed by atoms with Crippen LogP contribution in [0.5, 0.6) is 11.5 Å². The van der Waals surface area contributed by atoms with Gasteiger partial charge >= 0.3 is 0 Å². The number of aromatic nitrogens is 1. The fraction of sp³-hybridized carbons (Fsp3) is 0.372. The van der Waals surface area contributed by atoms with Gasteiger partial charge in [-0.1, -0.05) is 17.4 Å². The number of guanidine groups is 2. The Balaban J connectivity index is 1.54. The molecule has 0 saturated carbocycles. The molecule has 1 fully saturated rings. The number of hydrogen-bond donors (Lipinski definition) is 7. The standard InChI is InChI=1S/C43H56N14O8S2/c1-9-55(10-2)34-22-30(32(52-45)24-36(34)63-7)49-42(46-6)51-41(44)48-31-23-35(56(11-3)12-4)37(64-8)25-33(31)53-54-43-50-39(57-16-18-65-19-17-57)38(66-43)21-29(26(5)58)40(59)47-27-14-13-15-28(20-27)67(60,61)62/h13-15,20-25,45H,9-12,16-19H2,1-8H3,(H,47,59)(H,60,61,62)(H4,44,46,48,49,51)/b29-21+,52-45?,54-53?. The van der Waals surface area contributed by atoms with Gasteiger partial charge < -0.3 is 50.2 Å². The summed E-state index contributed by atoms with van der Waals surface area (Å²) in [5.74, 6) is -0.0419. The molecular weight excluding hydrogens is 905 g/mol. The summed E-state index contributed by atoms with van der Waals surface area (Å²) in [7, 11) is 0.176. The number of carbonyl (C=O) groups is 2. The molecule has 358 valence electrons. The van der Waals surface area contributed by atoms with E-state index in [-0.39, 0.29) is 34.0 Å². The molecule has 1 aromatic heterocycles. The molecule has 0 radical (unpaired) electrons. The lowest BCUT2D eigenvalue weighted by Crippen LogP contribution is -2.36. The zero-order valence-corrected chi connectivity index (χ0v) is 40.2. The van der Waals surface area contributed by atoms with Gasteiger partial charge in [-0.25, -0.2) is 5.53 Å². The molecule has 0 spiro atoms. The molecule has 1 saturated heterocycles. The van der Waals surface area contributed by atoms with Crippen LogP contribution in [-0.2, 0) is 24.4 Å². The minimum atomic E-state index is -4.56. The van der Waals surface area contributed by atoms with Crippen LogP contribution in [0.25, 0.3) is 6.08 Å². The smallest absolute Gasteiger partial charge is 0.294 e. The minimum Gasteiger partial charge on any atom is -0.494 e. The van der Waals surface area contributed by atoms with Crippen LogP contribution >= 0.6 is 11.3 Å². The van der Waals surface area contributed by atoms with Gasteiger partial charge in [-0.3, -0.25) is 19.6 Å². The van der Waals surface area contributed by atoms with Crippen LogP contribution in [0.3, 0.4) is 0 Å². The van der Waals surface area contributed by atoms with Gasteiger partial charge in [0.05, 0.1) is 65.5 Å². The first-order valence-corrected chi connectivity index (χ1v) is 23.4. The summed E-state index contributed by atoms with van der Waals surface area (Å²) >= 11 is 1.07. The fourth-order valence-electron chi connectivity index (χ4n) is 6.92. The summed E-state index contributed by atoms with van der Waals surface area (Å²) in [4.78, 5) is 41.9. The van der Waals surface area contributed by atoms with Crippen molar-refractivity contribution in [3.05, 3.63) is 59.0 Å². The van der Waals surface area contributed by atoms with E-state index in [9.17, 15) is 22.6 Å². The highest BCUT2D eigenvalue weighted by atomic mass is 32.2. The zero-order chi connectivity index (χ0) is 48.8. The van der Waals surface area contributed by atoms with E-state index in [1.54, 1.807) is 32.4 Å². The number of azo groups is 1. The molecule has 4 aromatic rings. The van der Waals surface area contributed by atoms with Gasteiger partial charge in [0.2, 0.25) is 17.1 Å². The summed E-state index contributed by atoms with van der Waals surface area (Å²) in [6.07, 6.45) is 1.39. The lowest BCUT2D eigenvalue weighted by atomic mass is 10.1. The van der Waals surface area contributed by atoms with Gasteiger partial charge in [0.15, 0.2) is 5.78 Å². The van der Waals surface area contributed by atoms with Crippen LogP contribution in [-0.4, -0.2) is 115 Å². The maximum Gasteiger partial charge on any atom is 0.294 e. The Morgan fingerprint density at radius 3 is 2.04 bits per heavy atom. The molecule has 5 rings (SSSR count). The molecule has 7 N–H and O–H groups in total. The van der Waals surface area contributed by atoms with Crippen molar-refractivity contribution in [3.8, 4) is 11.5 Å². The normalized spacial score (nSPS) is 13.2. The Hall–Kier alpha value is -7.02. The van der Waals surface area contributed by atoms with Crippen LogP contribution in [0, 0.1) is 10.9 Å². The second-order valence-electron chi connectivity index (χ2n) is 14.4. The number of methoxy groups -OCH3 is 2. The molecule has 2 heterocycles. The van der Waals surface area contributed by atoms with E-state index in [1.807, 2.05) is 38.7 Å². The quantitative estimate of drug-likeness (QED) is 0.00903. The highest BCUT2D eigenvalue weighted by molar-refractivity contribution is 7.85. The average Bonchev–Trinajstić information content (AvgIpc) is 3.73. The number of rotatable bonds is 19. The van der Waals surface area contributed by atoms with Crippen molar-refractivity contribution in [1.82, 2.24) is 10.3 Å². The number of amides is 1. The van der Waals surface area contributed by atoms with Crippen molar-refractivity contribution in [3.63, 3.8) is 0 Å². The van der Waals surface area contributed by atoms with E-state index in [0.717, 1.165) is 28.8 Å². The molecule has 22 nitrogen and oxygen atoms in total. The first kappa shape index (κ1) is 51.0. The topological polar surface area (TPSA) is 284 Å². The van der Waals surface area contributed by atoms with Gasteiger partial charge in [0, 0.05) is 64.1 Å². The van der Waals surface area contributed by atoms with Crippen LogP contribution in [0.15, 0.2) is 79.3 Å². The summed E-state index contributed by atoms with van der Waals surface area (Å²) in [5.41, 5.74) is 10.5. The lowest BCUT2D eigenvalue weighted by Gasteiger charge is -2.27. The Morgan fingerprint density at radius 2 is 1.51 bits per heavy atom. The van der Waals surface area contributed by atoms with Crippen molar-refractivity contribution >= 4 is 102 Å². The zero-order valence-electron chi connectivity index (χ0n) is 38.6. The number of ether oxygens (including phenoxy) is 3. The van der Waals surface area contributed by atoms with E-state index in [2.05, 4.69) is 51.4 Å². The highest BCUT2D eigenvalue weighted by Gasteiger charge is 2.24. The maximum absolute atomic E-state index is 13.5. The molecule has 0 unspecified atom stereocenters. The number of carbonyl (C=O) groups excluding carboxylic acids is 2. The molecule has 0 bridgehead atoms. The van der Waals surface area contributed by atoms with E-state index in [0.29, 0.717) is 91.7 Å². The number of nitrogens with zero attached hydrogens (tertiary/aromatic N) is 8. The van der Waals surface area contributed by atoms with Gasteiger partial charge in [-0.05, 0) is 71.0 Å². The van der Waals surface area contributed by atoms with Gasteiger partial charge in [-0.15, -0.1) is 10.2 Å². The lowest BCUT2D eigenvalue weighted by molar-refractivity contribution is -0.118. The molecule has 24 heteroatoms. The summed E-state index contributed by atoms with van der Waals surface area (Å²) in [6.45, 7) is 13.7. The molecule has 1 aliphatic rings. The summed E-state index contributed by atoms with van der Waals surface area (Å²) in [5, 5.41) is 33.7. The van der Waals surface area contributed by atoms with Crippen LogP contribution < -0.4 is 45.4 Å². The molecule has 1 aliphatic heterocycles. The van der Waals surface area contributed by atoms with Crippen LogP contribution in [0.4, 0.5) is 50.8 Å². The van der Waals surface area contributed by atoms with E-state index < -0.39 is 26.7 Å². The Kier molecular flexibility index (Phi) is 17.8. The third-order valence-electron chi connectivity index (χ3n) is 10.4. The van der Waals surface area contributed by atoms with Crippen molar-refractivity contribution in [1.29, 1.82) is 10.9 Å². The summed E-state index contributed by atoms with van der Waals surface area (Å²) in [6, 6.07) is 11.9. The monoisotopic (exact) mass is 960 g/mol. The number of aliphatic imine (C=N–C) groups is 1. The average molecular weight is 961 g/mol. The number of anilines is 6. The second kappa shape index (κ2) is 23.4. The Morgan fingerprint density at radius 1 is 0.910 bits per heavy atom. The molecule has 0 atom stereocenters. The third kappa shape index (κ3) is 12.9. The number of Topliss-reactive ketones (excluding diaryl/α,β-unsaturated/α-hetero) is 1. The number of thiazole rings is 1. The minimum absolute atomic E-state index is 0.0412. The highest BCUT2D eigenvalue weighted by Crippen LogP contribution is 2.42. The first-order chi connectivity index (χ1) is 32.1. The van der Waals surface area contributed by atoms with E-state index in [1.165, 1.54) is 38.3 Å². The second-order valence-corrected chi connectivity index (χ2v) is 16.8. The van der Waals surface area contributed by atoms with Crippen molar-refractivity contribution in [2.45, 2.75) is 39.5 Å². The van der Waals surface area contributed by atoms with Crippen LogP contribution in [0.2, 0.25) is 0 Å².